The van der Waals surface area contributed by atoms with Crippen LogP contribution in [0.5, 0.6) is 0 Å². The highest BCUT2D eigenvalue weighted by molar-refractivity contribution is 7.91. The van der Waals surface area contributed by atoms with E-state index in [0.717, 1.165) is 5.56 Å². The van der Waals surface area contributed by atoms with E-state index in [-0.39, 0.29) is 35.9 Å². The molecule has 0 radical (unpaired) electrons. The summed E-state index contributed by atoms with van der Waals surface area (Å²) in [7, 11) is -3.05. The number of carbonyl (C=O) groups is 2. The molecule has 1 heterocycles. The molecule has 6 nitrogen and oxygen atoms in total. The van der Waals surface area contributed by atoms with Crippen molar-refractivity contribution in [1.82, 2.24) is 5.32 Å². The van der Waals surface area contributed by atoms with Crippen LogP contribution in [0.15, 0.2) is 24.3 Å². The molecule has 7 heteroatoms. The summed E-state index contributed by atoms with van der Waals surface area (Å²) in [4.78, 5) is 25.5. The van der Waals surface area contributed by atoms with Crippen molar-refractivity contribution in [2.75, 3.05) is 23.0 Å². The normalized spacial score (nSPS) is 19.2. The molecule has 1 N–H and O–H groups in total. The number of nitrogens with one attached hydrogen (secondary N) is 1. The van der Waals surface area contributed by atoms with Gasteiger partial charge in [-0.25, -0.2) is 8.42 Å². The number of hydrogen-bond donors (Lipinski definition) is 1. The average Bonchev–Trinajstić information content (AvgIpc) is 2.83. The summed E-state index contributed by atoms with van der Waals surface area (Å²) < 4.78 is 22.9. The third kappa shape index (κ3) is 4.80. The minimum absolute atomic E-state index is 0.0259. The van der Waals surface area contributed by atoms with Crippen molar-refractivity contribution in [1.29, 1.82) is 0 Å². The van der Waals surface area contributed by atoms with Crippen LogP contribution in [0.1, 0.15) is 38.7 Å². The lowest BCUT2D eigenvalue weighted by Crippen LogP contribution is -2.44. The van der Waals surface area contributed by atoms with Gasteiger partial charge in [-0.2, -0.15) is 0 Å². The van der Waals surface area contributed by atoms with Gasteiger partial charge in [0, 0.05) is 18.7 Å². The van der Waals surface area contributed by atoms with Gasteiger partial charge in [-0.15, -0.1) is 0 Å². The summed E-state index contributed by atoms with van der Waals surface area (Å²) in [6, 6.07) is 7.17. The smallest absolute Gasteiger partial charge is 0.240 e. The molecule has 1 aromatic carbocycles. The standard InChI is InChI=1S/C17H24N2O4S/c1-12(2)14-4-6-16(7-5-14)19(13(3)20)10-17(21)18-15-8-9-24(22,23)11-15/h4-7,12,15H,8-11H2,1-3H3,(H,18,21). The number of sulfone groups is 1. The zero-order valence-corrected chi connectivity index (χ0v) is 15.1. The molecule has 1 saturated heterocycles. The summed E-state index contributed by atoms with van der Waals surface area (Å²) in [5, 5.41) is 2.71. The predicted octanol–water partition coefficient (Wildman–Crippen LogP) is 1.47. The van der Waals surface area contributed by atoms with Crippen LogP contribution in [0.4, 0.5) is 5.69 Å². The van der Waals surface area contributed by atoms with E-state index in [4.69, 9.17) is 0 Å². The number of benzene rings is 1. The highest BCUT2D eigenvalue weighted by Crippen LogP contribution is 2.20. The Kier molecular flexibility index (Phi) is 5.64. The first-order valence-corrected chi connectivity index (χ1v) is 9.88. The summed E-state index contributed by atoms with van der Waals surface area (Å²) >= 11 is 0. The Morgan fingerprint density at radius 1 is 1.25 bits per heavy atom. The largest absolute Gasteiger partial charge is 0.351 e. The van der Waals surface area contributed by atoms with E-state index in [2.05, 4.69) is 19.2 Å². The van der Waals surface area contributed by atoms with E-state index >= 15 is 0 Å². The van der Waals surface area contributed by atoms with Crippen LogP contribution < -0.4 is 10.2 Å². The molecule has 2 amide bonds. The van der Waals surface area contributed by atoms with Crippen LogP contribution in [-0.4, -0.2) is 44.3 Å². The van der Waals surface area contributed by atoms with E-state index in [9.17, 15) is 18.0 Å². The van der Waals surface area contributed by atoms with Crippen LogP contribution in [0.2, 0.25) is 0 Å². The quantitative estimate of drug-likeness (QED) is 0.870. The summed E-state index contributed by atoms with van der Waals surface area (Å²) in [6.45, 7) is 5.46. The van der Waals surface area contributed by atoms with Gasteiger partial charge in [-0.3, -0.25) is 9.59 Å². The van der Waals surface area contributed by atoms with Crippen molar-refractivity contribution in [2.45, 2.75) is 39.2 Å². The van der Waals surface area contributed by atoms with E-state index < -0.39 is 9.84 Å². The lowest BCUT2D eigenvalue weighted by molar-refractivity contribution is -0.123. The lowest BCUT2D eigenvalue weighted by atomic mass is 10.0. The van der Waals surface area contributed by atoms with Crippen LogP contribution >= 0.6 is 0 Å². The molecule has 0 bridgehead atoms. The summed E-state index contributed by atoms with van der Waals surface area (Å²) in [5.41, 5.74) is 1.81. The van der Waals surface area contributed by atoms with Crippen molar-refractivity contribution >= 4 is 27.3 Å². The molecule has 2 rings (SSSR count). The van der Waals surface area contributed by atoms with Crippen LogP contribution in [-0.2, 0) is 19.4 Å². The molecule has 1 unspecified atom stereocenters. The Balaban J connectivity index is 2.03. The van der Waals surface area contributed by atoms with Gasteiger partial charge in [0.2, 0.25) is 11.8 Å². The number of nitrogens with zero attached hydrogens (tertiary/aromatic N) is 1. The molecular weight excluding hydrogens is 328 g/mol. The van der Waals surface area contributed by atoms with Crippen molar-refractivity contribution in [2.24, 2.45) is 0 Å². The van der Waals surface area contributed by atoms with Gasteiger partial charge >= 0.3 is 0 Å². The Morgan fingerprint density at radius 2 is 1.88 bits per heavy atom. The van der Waals surface area contributed by atoms with E-state index in [1.165, 1.54) is 11.8 Å². The fourth-order valence-electron chi connectivity index (χ4n) is 2.75. The highest BCUT2D eigenvalue weighted by Gasteiger charge is 2.29. The Morgan fingerprint density at radius 3 is 2.33 bits per heavy atom. The van der Waals surface area contributed by atoms with Crippen LogP contribution in [0, 0.1) is 0 Å². The van der Waals surface area contributed by atoms with Gasteiger partial charge in [0.15, 0.2) is 9.84 Å². The molecule has 0 spiro atoms. The molecule has 1 aliphatic heterocycles. The van der Waals surface area contributed by atoms with Crippen LogP contribution in [0.25, 0.3) is 0 Å². The zero-order valence-electron chi connectivity index (χ0n) is 14.3. The second kappa shape index (κ2) is 7.34. The number of hydrogen-bond acceptors (Lipinski definition) is 4. The fourth-order valence-corrected chi connectivity index (χ4v) is 4.42. The second-order valence-electron chi connectivity index (χ2n) is 6.52. The first-order chi connectivity index (χ1) is 11.2. The van der Waals surface area contributed by atoms with Crippen molar-refractivity contribution < 1.29 is 18.0 Å². The van der Waals surface area contributed by atoms with Crippen LogP contribution in [0.3, 0.4) is 0 Å². The highest BCUT2D eigenvalue weighted by atomic mass is 32.2. The molecule has 1 aromatic rings. The first kappa shape index (κ1) is 18.4. The van der Waals surface area contributed by atoms with Gasteiger partial charge in [0.05, 0.1) is 11.5 Å². The number of anilines is 1. The SMILES string of the molecule is CC(=O)N(CC(=O)NC1CCS(=O)(=O)C1)c1ccc(C(C)C)cc1. The van der Waals surface area contributed by atoms with E-state index in [1.807, 2.05) is 24.3 Å². The third-order valence-corrected chi connectivity index (χ3v) is 5.92. The van der Waals surface area contributed by atoms with Gasteiger partial charge in [0.25, 0.3) is 0 Å². The lowest BCUT2D eigenvalue weighted by Gasteiger charge is -2.22. The molecule has 0 aliphatic carbocycles. The van der Waals surface area contributed by atoms with Crippen molar-refractivity contribution in [3.63, 3.8) is 0 Å². The van der Waals surface area contributed by atoms with Gasteiger partial charge in [-0.05, 0) is 30.0 Å². The third-order valence-electron chi connectivity index (χ3n) is 4.15. The number of amides is 2. The minimum atomic E-state index is -3.05. The molecule has 1 aliphatic rings. The molecule has 132 valence electrons. The first-order valence-electron chi connectivity index (χ1n) is 8.06. The summed E-state index contributed by atoms with van der Waals surface area (Å²) in [5.74, 6) is -0.119. The predicted molar refractivity (Wildman–Crippen MR) is 93.8 cm³/mol. The summed E-state index contributed by atoms with van der Waals surface area (Å²) in [6.07, 6.45) is 0.428. The average molecular weight is 352 g/mol. The Hall–Kier alpha value is -1.89. The van der Waals surface area contributed by atoms with Gasteiger partial charge < -0.3 is 10.2 Å². The Bertz CT molecular complexity index is 711. The molecule has 24 heavy (non-hydrogen) atoms. The van der Waals surface area contributed by atoms with E-state index in [0.29, 0.717) is 18.0 Å². The fraction of sp³-hybridized carbons (Fsp3) is 0.529. The topological polar surface area (TPSA) is 83.6 Å². The molecule has 0 aromatic heterocycles. The maximum absolute atomic E-state index is 12.2. The molecule has 1 fully saturated rings. The zero-order chi connectivity index (χ0) is 17.9. The molecule has 1 atom stereocenters. The number of carbonyl (C=O) groups excluding carboxylic acids is 2. The molecular formula is C17H24N2O4S. The maximum Gasteiger partial charge on any atom is 0.240 e. The maximum atomic E-state index is 12.2. The minimum Gasteiger partial charge on any atom is -0.351 e. The van der Waals surface area contributed by atoms with Crippen molar-refractivity contribution in [3.8, 4) is 0 Å². The van der Waals surface area contributed by atoms with Crippen molar-refractivity contribution in [3.05, 3.63) is 29.8 Å². The van der Waals surface area contributed by atoms with Gasteiger partial charge in [0.1, 0.15) is 6.54 Å². The second-order valence-corrected chi connectivity index (χ2v) is 8.75. The monoisotopic (exact) mass is 352 g/mol. The van der Waals surface area contributed by atoms with E-state index in [1.54, 1.807) is 0 Å². The number of rotatable bonds is 5. The molecule has 0 saturated carbocycles. The van der Waals surface area contributed by atoms with Gasteiger partial charge in [-0.1, -0.05) is 26.0 Å². The Labute approximate surface area is 143 Å².